The van der Waals surface area contributed by atoms with Crippen LogP contribution in [0.2, 0.25) is 0 Å². The van der Waals surface area contributed by atoms with Gasteiger partial charge in [-0.2, -0.15) is 0 Å². The summed E-state index contributed by atoms with van der Waals surface area (Å²) in [6, 6.07) is 29.8. The lowest BCUT2D eigenvalue weighted by Gasteiger charge is -2.08. The second-order valence-electron chi connectivity index (χ2n) is 6.24. The molecule has 0 N–H and O–H groups in total. The van der Waals surface area contributed by atoms with Crippen LogP contribution in [-0.2, 0) is 0 Å². The molecule has 26 heavy (non-hydrogen) atoms. The maximum Gasteiger partial charge on any atom is 0.119 e. The highest BCUT2D eigenvalue weighted by Gasteiger charge is 2.15. The summed E-state index contributed by atoms with van der Waals surface area (Å²) in [4.78, 5) is 1.30. The molecule has 3 aromatic carbocycles. The number of rotatable bonds is 3. The molecule has 0 aliphatic rings. The number of methoxy groups -OCH3 is 1. The number of fused-ring (bicyclic) bond motifs is 3. The SMILES string of the molecule is COc1ccc(-n2c3ccccc3c3sc(-c4ccccc4)cc32)cc1. The molecule has 2 nitrogen and oxygen atoms in total. The molecule has 0 fully saturated rings. The quantitative estimate of drug-likeness (QED) is 0.359. The molecular weight excluding hydrogens is 338 g/mol. The third-order valence-corrected chi connectivity index (χ3v) is 5.94. The van der Waals surface area contributed by atoms with Crippen LogP contribution in [0.25, 0.3) is 37.2 Å². The molecule has 0 saturated carbocycles. The van der Waals surface area contributed by atoms with E-state index >= 15 is 0 Å². The molecule has 0 bridgehead atoms. The van der Waals surface area contributed by atoms with Crippen LogP contribution < -0.4 is 4.74 Å². The van der Waals surface area contributed by atoms with Gasteiger partial charge in [0.05, 0.1) is 22.8 Å². The molecule has 0 aliphatic carbocycles. The number of ether oxygens (including phenoxy) is 1. The molecule has 2 heterocycles. The normalized spacial score (nSPS) is 11.3. The van der Waals surface area contributed by atoms with Crippen molar-refractivity contribution in [1.82, 2.24) is 4.57 Å². The minimum Gasteiger partial charge on any atom is -0.497 e. The Morgan fingerprint density at radius 1 is 0.769 bits per heavy atom. The van der Waals surface area contributed by atoms with Crippen LogP contribution in [0.4, 0.5) is 0 Å². The fourth-order valence-electron chi connectivity index (χ4n) is 3.49. The van der Waals surface area contributed by atoms with Crippen molar-refractivity contribution < 1.29 is 4.74 Å². The molecule has 0 aliphatic heterocycles. The van der Waals surface area contributed by atoms with Gasteiger partial charge in [-0.3, -0.25) is 0 Å². The molecule has 5 aromatic rings. The second-order valence-corrected chi connectivity index (χ2v) is 7.29. The summed E-state index contributed by atoms with van der Waals surface area (Å²) in [6.07, 6.45) is 0. The lowest BCUT2D eigenvalue weighted by molar-refractivity contribution is 0.415. The van der Waals surface area contributed by atoms with Crippen LogP contribution in [0.1, 0.15) is 0 Å². The predicted molar refractivity (Wildman–Crippen MR) is 111 cm³/mol. The van der Waals surface area contributed by atoms with Crippen LogP contribution in [-0.4, -0.2) is 11.7 Å². The zero-order valence-corrected chi connectivity index (χ0v) is 15.2. The van der Waals surface area contributed by atoms with Gasteiger partial charge in [0.1, 0.15) is 5.75 Å². The van der Waals surface area contributed by atoms with Gasteiger partial charge in [-0.15, -0.1) is 11.3 Å². The highest BCUT2D eigenvalue weighted by Crippen LogP contribution is 2.41. The van der Waals surface area contributed by atoms with Crippen LogP contribution in [0, 0.1) is 0 Å². The Kier molecular flexibility index (Phi) is 3.54. The second kappa shape index (κ2) is 6.04. The van der Waals surface area contributed by atoms with Crippen LogP contribution in [0.3, 0.4) is 0 Å². The van der Waals surface area contributed by atoms with Crippen LogP contribution in [0.15, 0.2) is 84.9 Å². The van der Waals surface area contributed by atoms with E-state index in [0.717, 1.165) is 11.4 Å². The molecule has 0 spiro atoms. The Morgan fingerprint density at radius 3 is 2.27 bits per heavy atom. The first-order chi connectivity index (χ1) is 12.8. The van der Waals surface area contributed by atoms with Gasteiger partial charge in [-0.05, 0) is 42.0 Å². The van der Waals surface area contributed by atoms with E-state index < -0.39 is 0 Å². The van der Waals surface area contributed by atoms with Crippen molar-refractivity contribution in [1.29, 1.82) is 0 Å². The van der Waals surface area contributed by atoms with Crippen LogP contribution in [0.5, 0.6) is 5.75 Å². The van der Waals surface area contributed by atoms with Crippen molar-refractivity contribution in [3.63, 3.8) is 0 Å². The number of thiophene rings is 1. The number of para-hydroxylation sites is 1. The van der Waals surface area contributed by atoms with E-state index in [1.165, 1.54) is 31.6 Å². The molecule has 5 rings (SSSR count). The summed E-state index contributed by atoms with van der Waals surface area (Å²) in [6.45, 7) is 0. The Morgan fingerprint density at radius 2 is 1.50 bits per heavy atom. The summed E-state index contributed by atoms with van der Waals surface area (Å²) in [5.74, 6) is 0.872. The van der Waals surface area contributed by atoms with Gasteiger partial charge in [0.2, 0.25) is 0 Å². The summed E-state index contributed by atoms with van der Waals surface area (Å²) in [7, 11) is 1.70. The van der Waals surface area contributed by atoms with Gasteiger partial charge in [0.15, 0.2) is 0 Å². The number of hydrogen-bond acceptors (Lipinski definition) is 2. The molecule has 0 radical (unpaired) electrons. The van der Waals surface area contributed by atoms with Gasteiger partial charge in [0.25, 0.3) is 0 Å². The van der Waals surface area contributed by atoms with Gasteiger partial charge in [-0.25, -0.2) is 0 Å². The molecule has 0 atom stereocenters. The Hall–Kier alpha value is -3.04. The molecular formula is C23H17NOS. The van der Waals surface area contributed by atoms with E-state index in [1.54, 1.807) is 7.11 Å². The van der Waals surface area contributed by atoms with Crippen LogP contribution >= 0.6 is 11.3 Å². The van der Waals surface area contributed by atoms with E-state index in [9.17, 15) is 0 Å². The van der Waals surface area contributed by atoms with Gasteiger partial charge in [0, 0.05) is 16.0 Å². The number of hydrogen-bond donors (Lipinski definition) is 0. The van der Waals surface area contributed by atoms with Crippen molar-refractivity contribution in [3.8, 4) is 21.9 Å². The molecule has 126 valence electrons. The van der Waals surface area contributed by atoms with Crippen molar-refractivity contribution in [2.45, 2.75) is 0 Å². The highest BCUT2D eigenvalue weighted by atomic mass is 32.1. The topological polar surface area (TPSA) is 14.2 Å². The molecule has 3 heteroatoms. The van der Waals surface area contributed by atoms with E-state index in [0.29, 0.717) is 0 Å². The third-order valence-electron chi connectivity index (χ3n) is 4.73. The minimum absolute atomic E-state index is 0.872. The zero-order valence-electron chi connectivity index (χ0n) is 14.3. The average molecular weight is 355 g/mol. The van der Waals surface area contributed by atoms with Crippen molar-refractivity contribution >= 4 is 32.5 Å². The van der Waals surface area contributed by atoms with Crippen molar-refractivity contribution in [2.75, 3.05) is 7.11 Å². The summed E-state index contributed by atoms with van der Waals surface area (Å²) >= 11 is 1.86. The summed E-state index contributed by atoms with van der Waals surface area (Å²) < 4.78 is 8.99. The fourth-order valence-corrected chi connectivity index (χ4v) is 4.67. The van der Waals surface area contributed by atoms with Gasteiger partial charge >= 0.3 is 0 Å². The minimum atomic E-state index is 0.872. The number of benzene rings is 3. The molecule has 0 amide bonds. The highest BCUT2D eigenvalue weighted by molar-refractivity contribution is 7.23. The van der Waals surface area contributed by atoms with Crippen molar-refractivity contribution in [3.05, 3.63) is 84.9 Å². The lowest BCUT2D eigenvalue weighted by Crippen LogP contribution is -1.93. The van der Waals surface area contributed by atoms with E-state index in [1.807, 2.05) is 23.5 Å². The fraction of sp³-hybridized carbons (Fsp3) is 0.0435. The largest absolute Gasteiger partial charge is 0.497 e. The molecule has 0 unspecified atom stereocenters. The standard InChI is InChI=1S/C23H17NOS/c1-25-18-13-11-17(12-14-18)24-20-10-6-5-9-19(20)23-21(24)15-22(26-23)16-7-3-2-4-8-16/h2-15H,1H3. The smallest absolute Gasteiger partial charge is 0.119 e. The van der Waals surface area contributed by atoms with Crippen molar-refractivity contribution in [2.24, 2.45) is 0 Å². The predicted octanol–water partition coefficient (Wildman–Crippen LogP) is 6.52. The summed E-state index contributed by atoms with van der Waals surface area (Å²) in [5, 5.41) is 1.30. The Balaban J connectivity index is 1.80. The lowest BCUT2D eigenvalue weighted by atomic mass is 10.2. The number of nitrogens with zero attached hydrogens (tertiary/aromatic N) is 1. The summed E-state index contributed by atoms with van der Waals surface area (Å²) in [5.41, 5.74) is 4.90. The molecule has 0 saturated heterocycles. The number of aromatic nitrogens is 1. The first-order valence-electron chi connectivity index (χ1n) is 8.58. The third kappa shape index (κ3) is 2.32. The first kappa shape index (κ1) is 15.2. The van der Waals surface area contributed by atoms with E-state index in [4.69, 9.17) is 4.74 Å². The van der Waals surface area contributed by atoms with Gasteiger partial charge < -0.3 is 9.30 Å². The average Bonchev–Trinajstić information content (AvgIpc) is 3.26. The first-order valence-corrected chi connectivity index (χ1v) is 9.39. The monoisotopic (exact) mass is 355 g/mol. The maximum atomic E-state index is 5.32. The van der Waals surface area contributed by atoms with E-state index in [2.05, 4.69) is 77.4 Å². The maximum absolute atomic E-state index is 5.32. The van der Waals surface area contributed by atoms with Gasteiger partial charge in [-0.1, -0.05) is 48.5 Å². The Labute approximate surface area is 155 Å². The van der Waals surface area contributed by atoms with E-state index in [-0.39, 0.29) is 0 Å². The Bertz CT molecular complexity index is 1200. The molecule has 2 aromatic heterocycles. The zero-order chi connectivity index (χ0) is 17.5.